The van der Waals surface area contributed by atoms with Gasteiger partial charge in [0.05, 0.1) is 25.4 Å². The molecule has 0 fully saturated rings. The second kappa shape index (κ2) is 67.6. The van der Waals surface area contributed by atoms with Gasteiger partial charge >= 0.3 is 5.97 Å². The Hall–Kier alpha value is -1.92. The molecular formula is C72H137NO5. The number of allylic oxidation sites excluding steroid dienone is 5. The van der Waals surface area contributed by atoms with Crippen LogP contribution < -0.4 is 5.32 Å². The first-order valence-corrected chi connectivity index (χ1v) is 35.3. The van der Waals surface area contributed by atoms with Gasteiger partial charge in [-0.15, -0.1) is 0 Å². The quantitative estimate of drug-likeness (QED) is 0.0320. The Morgan fingerprint density at radius 3 is 0.974 bits per heavy atom. The molecule has 6 nitrogen and oxygen atoms in total. The topological polar surface area (TPSA) is 95.9 Å². The number of amides is 1. The highest BCUT2D eigenvalue weighted by atomic mass is 16.5. The Balaban J connectivity index is 3.36. The van der Waals surface area contributed by atoms with E-state index in [1.165, 1.54) is 315 Å². The summed E-state index contributed by atoms with van der Waals surface area (Å²) in [6.45, 7) is 4.92. The number of carbonyl (C=O) groups excluding carboxylic acids is 2. The molecule has 78 heavy (non-hydrogen) atoms. The molecule has 0 bridgehead atoms. The summed E-state index contributed by atoms with van der Waals surface area (Å²) in [5.74, 6) is -0.0479. The van der Waals surface area contributed by atoms with E-state index in [0.29, 0.717) is 19.4 Å². The first-order valence-electron chi connectivity index (χ1n) is 35.3. The standard InChI is InChI=1S/C72H137NO5/c1-3-5-7-9-11-13-15-16-17-35-39-42-46-50-54-58-62-66-72(77)78-67-63-59-55-51-47-43-40-37-34-32-30-28-26-24-22-20-18-19-21-23-25-27-29-31-33-36-38-41-45-49-53-57-61-65-71(76)73-69(68-74)70(75)64-60-56-52-48-44-14-12-10-8-6-4-2/h22,24,28,30,60,64,69-70,74-75H,3-21,23,25-27,29,31-59,61-63,65-68H2,1-2H3,(H,73,76)/b24-22-,30-28-,64-60+. The molecule has 0 aromatic carbocycles. The predicted molar refractivity (Wildman–Crippen MR) is 343 cm³/mol. The van der Waals surface area contributed by atoms with Crippen molar-refractivity contribution in [1.82, 2.24) is 5.32 Å². The molecule has 0 aliphatic heterocycles. The average Bonchev–Trinajstić information content (AvgIpc) is 3.44. The molecule has 6 heteroatoms. The zero-order chi connectivity index (χ0) is 56.4. The van der Waals surface area contributed by atoms with Crippen molar-refractivity contribution >= 4 is 11.9 Å². The van der Waals surface area contributed by atoms with E-state index in [0.717, 1.165) is 44.9 Å². The summed E-state index contributed by atoms with van der Waals surface area (Å²) in [5.41, 5.74) is 0. The Morgan fingerprint density at radius 2 is 0.641 bits per heavy atom. The molecule has 0 aliphatic carbocycles. The fraction of sp³-hybridized carbons (Fsp3) is 0.889. The second-order valence-electron chi connectivity index (χ2n) is 24.2. The van der Waals surface area contributed by atoms with E-state index in [4.69, 9.17) is 4.74 Å². The Morgan fingerprint density at radius 1 is 0.359 bits per heavy atom. The number of unbranched alkanes of at least 4 members (excludes halogenated alkanes) is 51. The van der Waals surface area contributed by atoms with Gasteiger partial charge < -0.3 is 20.3 Å². The maximum absolute atomic E-state index is 12.4. The maximum atomic E-state index is 12.4. The van der Waals surface area contributed by atoms with Gasteiger partial charge in [0, 0.05) is 12.8 Å². The summed E-state index contributed by atoms with van der Waals surface area (Å²) in [4.78, 5) is 24.5. The van der Waals surface area contributed by atoms with E-state index < -0.39 is 12.1 Å². The van der Waals surface area contributed by atoms with Crippen LogP contribution >= 0.6 is 0 Å². The van der Waals surface area contributed by atoms with Crippen molar-refractivity contribution in [1.29, 1.82) is 0 Å². The van der Waals surface area contributed by atoms with E-state index in [9.17, 15) is 19.8 Å². The summed E-state index contributed by atoms with van der Waals surface area (Å²) >= 11 is 0. The first-order chi connectivity index (χ1) is 38.5. The van der Waals surface area contributed by atoms with Crippen molar-refractivity contribution < 1.29 is 24.5 Å². The summed E-state index contributed by atoms with van der Waals surface area (Å²) in [5, 5.41) is 23.1. The smallest absolute Gasteiger partial charge is 0.305 e. The molecule has 0 aromatic heterocycles. The van der Waals surface area contributed by atoms with Crippen molar-refractivity contribution in [3.05, 3.63) is 36.5 Å². The zero-order valence-corrected chi connectivity index (χ0v) is 52.7. The molecule has 0 rings (SSSR count). The molecule has 0 saturated heterocycles. The molecule has 460 valence electrons. The van der Waals surface area contributed by atoms with Crippen LogP contribution in [0.5, 0.6) is 0 Å². The average molecular weight is 1100 g/mol. The molecular weight excluding hydrogens is 959 g/mol. The number of ether oxygens (including phenoxy) is 1. The van der Waals surface area contributed by atoms with Crippen LogP contribution in [-0.2, 0) is 14.3 Å². The molecule has 0 aliphatic rings. The normalized spacial score (nSPS) is 12.7. The van der Waals surface area contributed by atoms with Crippen LogP contribution in [0.2, 0.25) is 0 Å². The molecule has 2 atom stereocenters. The molecule has 0 saturated carbocycles. The van der Waals surface area contributed by atoms with Crippen LogP contribution in [0.4, 0.5) is 0 Å². The molecule has 3 N–H and O–H groups in total. The van der Waals surface area contributed by atoms with Crippen LogP contribution in [0.25, 0.3) is 0 Å². The molecule has 2 unspecified atom stereocenters. The van der Waals surface area contributed by atoms with Gasteiger partial charge in [-0.3, -0.25) is 9.59 Å². The Labute approximate surface area is 487 Å². The number of rotatable bonds is 66. The van der Waals surface area contributed by atoms with Gasteiger partial charge in [0.25, 0.3) is 0 Å². The molecule has 0 radical (unpaired) electrons. The number of aliphatic hydroxyl groups excluding tert-OH is 2. The Bertz CT molecular complexity index is 1260. The number of hydrogen-bond donors (Lipinski definition) is 3. The van der Waals surface area contributed by atoms with Crippen LogP contribution in [-0.4, -0.2) is 47.4 Å². The number of nitrogens with one attached hydrogen (secondary N) is 1. The third kappa shape index (κ3) is 63.3. The van der Waals surface area contributed by atoms with Gasteiger partial charge in [0.2, 0.25) is 5.91 Å². The highest BCUT2D eigenvalue weighted by Crippen LogP contribution is 2.18. The minimum atomic E-state index is -0.842. The van der Waals surface area contributed by atoms with E-state index in [-0.39, 0.29) is 18.5 Å². The Kier molecular flexibility index (Phi) is 65.9. The SMILES string of the molecule is CCCCCCCCCCC/C=C/C(O)C(CO)NC(=O)CCCCCCCCCCCCCCCCCCC/C=C\C/C=C\CCCCCCCCCCCOC(=O)CCCCCCCCCCCCCCCCCCC. The van der Waals surface area contributed by atoms with Gasteiger partial charge in [0.1, 0.15) is 0 Å². The van der Waals surface area contributed by atoms with E-state index in [1.807, 2.05) is 6.08 Å². The number of aliphatic hydroxyl groups is 2. The summed E-state index contributed by atoms with van der Waals surface area (Å²) in [6, 6.07) is -0.625. The highest BCUT2D eigenvalue weighted by molar-refractivity contribution is 5.76. The summed E-state index contributed by atoms with van der Waals surface area (Å²) in [7, 11) is 0. The number of carbonyl (C=O) groups is 2. The van der Waals surface area contributed by atoms with E-state index >= 15 is 0 Å². The molecule has 0 aromatic rings. The molecule has 0 heterocycles. The van der Waals surface area contributed by atoms with Gasteiger partial charge in [-0.05, 0) is 64.2 Å². The lowest BCUT2D eigenvalue weighted by molar-refractivity contribution is -0.143. The second-order valence-corrected chi connectivity index (χ2v) is 24.2. The lowest BCUT2D eigenvalue weighted by Gasteiger charge is -2.20. The predicted octanol–water partition coefficient (Wildman–Crippen LogP) is 22.7. The van der Waals surface area contributed by atoms with Crippen LogP contribution in [0.15, 0.2) is 36.5 Å². The fourth-order valence-electron chi connectivity index (χ4n) is 11.0. The zero-order valence-electron chi connectivity index (χ0n) is 52.7. The van der Waals surface area contributed by atoms with Crippen molar-refractivity contribution in [3.8, 4) is 0 Å². The van der Waals surface area contributed by atoms with Crippen LogP contribution in [0, 0.1) is 0 Å². The number of hydrogen-bond acceptors (Lipinski definition) is 5. The first kappa shape index (κ1) is 76.1. The monoisotopic (exact) mass is 1100 g/mol. The van der Waals surface area contributed by atoms with E-state index in [1.54, 1.807) is 6.08 Å². The van der Waals surface area contributed by atoms with Gasteiger partial charge in [-0.25, -0.2) is 0 Å². The summed E-state index contributed by atoms with van der Waals surface area (Å²) < 4.78 is 5.50. The van der Waals surface area contributed by atoms with Crippen LogP contribution in [0.1, 0.15) is 386 Å². The minimum absolute atomic E-state index is 0.0182. The van der Waals surface area contributed by atoms with Crippen molar-refractivity contribution in [2.24, 2.45) is 0 Å². The number of esters is 1. The largest absolute Gasteiger partial charge is 0.466 e. The highest BCUT2D eigenvalue weighted by Gasteiger charge is 2.18. The van der Waals surface area contributed by atoms with Gasteiger partial charge in [-0.1, -0.05) is 346 Å². The lowest BCUT2D eigenvalue weighted by Crippen LogP contribution is -2.45. The third-order valence-corrected chi connectivity index (χ3v) is 16.4. The van der Waals surface area contributed by atoms with Crippen molar-refractivity contribution in [2.75, 3.05) is 13.2 Å². The van der Waals surface area contributed by atoms with Crippen molar-refractivity contribution in [2.45, 2.75) is 398 Å². The van der Waals surface area contributed by atoms with Crippen LogP contribution in [0.3, 0.4) is 0 Å². The third-order valence-electron chi connectivity index (χ3n) is 16.4. The van der Waals surface area contributed by atoms with Gasteiger partial charge in [0.15, 0.2) is 0 Å². The van der Waals surface area contributed by atoms with Gasteiger partial charge in [-0.2, -0.15) is 0 Å². The minimum Gasteiger partial charge on any atom is -0.466 e. The lowest BCUT2D eigenvalue weighted by atomic mass is 10.0. The van der Waals surface area contributed by atoms with E-state index in [2.05, 4.69) is 43.5 Å². The summed E-state index contributed by atoms with van der Waals surface area (Å²) in [6.07, 6.45) is 86.7. The molecule has 0 spiro atoms. The molecule has 1 amide bonds. The maximum Gasteiger partial charge on any atom is 0.305 e. The fourth-order valence-corrected chi connectivity index (χ4v) is 11.0. The van der Waals surface area contributed by atoms with Crippen molar-refractivity contribution in [3.63, 3.8) is 0 Å².